The Morgan fingerprint density at radius 3 is 2.90 bits per heavy atom. The smallest absolute Gasteiger partial charge is 0.260 e. The lowest BCUT2D eigenvalue weighted by atomic mass is 10.2. The molecule has 0 spiro atoms. The van der Waals surface area contributed by atoms with Crippen LogP contribution in [0, 0.1) is 0 Å². The van der Waals surface area contributed by atoms with Gasteiger partial charge in [0.2, 0.25) is 0 Å². The van der Waals surface area contributed by atoms with Crippen molar-refractivity contribution >= 4 is 33.3 Å². The van der Waals surface area contributed by atoms with Gasteiger partial charge in [-0.1, -0.05) is 12.5 Å². The van der Waals surface area contributed by atoms with E-state index in [2.05, 4.69) is 16.0 Å². The average Bonchev–Trinajstić information content (AvgIpc) is 2.79. The van der Waals surface area contributed by atoms with Crippen LogP contribution in [0.4, 0.5) is 5.82 Å². The summed E-state index contributed by atoms with van der Waals surface area (Å²) in [7, 11) is -3.65. The first-order valence-electron chi connectivity index (χ1n) is 6.77. The number of unbranched alkanes of at least 4 members (excludes halogenated alkanes) is 2. The third kappa shape index (κ3) is 3.90. The van der Waals surface area contributed by atoms with Gasteiger partial charge in [0.05, 0.1) is 0 Å². The molecule has 0 aliphatic carbocycles. The van der Waals surface area contributed by atoms with Crippen molar-refractivity contribution in [2.24, 2.45) is 0 Å². The Morgan fingerprint density at radius 1 is 1.33 bits per heavy atom. The molecule has 21 heavy (non-hydrogen) atoms. The minimum atomic E-state index is -3.65. The number of anilines is 1. The van der Waals surface area contributed by atoms with Crippen molar-refractivity contribution in [3.63, 3.8) is 0 Å². The second kappa shape index (κ2) is 7.15. The summed E-state index contributed by atoms with van der Waals surface area (Å²) in [6, 6.07) is 5.25. The van der Waals surface area contributed by atoms with Gasteiger partial charge in [0, 0.05) is 12.7 Å². The Kier molecular flexibility index (Phi) is 5.49. The van der Waals surface area contributed by atoms with Crippen molar-refractivity contribution in [2.45, 2.75) is 24.3 Å². The van der Waals surface area contributed by atoms with E-state index in [9.17, 15) is 8.42 Å². The number of nitrogen functional groups attached to an aromatic ring is 1. The van der Waals surface area contributed by atoms with Gasteiger partial charge in [-0.15, -0.1) is 0 Å². The quantitative estimate of drug-likeness (QED) is 0.720. The molecule has 0 atom stereocenters. The van der Waals surface area contributed by atoms with Gasteiger partial charge in [-0.2, -0.15) is 11.8 Å². The van der Waals surface area contributed by atoms with E-state index in [-0.39, 0.29) is 10.8 Å². The van der Waals surface area contributed by atoms with Crippen molar-refractivity contribution in [1.82, 2.24) is 14.1 Å². The molecular weight excluding hydrogens is 308 g/mol. The maximum atomic E-state index is 12.4. The first kappa shape index (κ1) is 16.1. The normalized spacial score (nSPS) is 12.0. The second-order valence-corrected chi connectivity index (χ2v) is 7.35. The number of nitrogens with two attached hydrogens (primary N) is 1. The fraction of sp³-hybridized carbons (Fsp3) is 0.462. The van der Waals surface area contributed by atoms with Crippen LogP contribution in [-0.4, -0.2) is 36.4 Å². The van der Waals surface area contributed by atoms with Crippen LogP contribution in [0.15, 0.2) is 29.4 Å². The highest BCUT2D eigenvalue weighted by Gasteiger charge is 2.23. The molecular formula is C13H20N4O2S2. The lowest BCUT2D eigenvalue weighted by Gasteiger charge is -2.07. The number of fused-ring (bicyclic) bond motifs is 1. The van der Waals surface area contributed by atoms with Crippen molar-refractivity contribution in [3.8, 4) is 0 Å². The number of aromatic nitrogens is 2. The number of pyridine rings is 1. The number of hydrogen-bond donors (Lipinski definition) is 2. The molecule has 0 fully saturated rings. The van der Waals surface area contributed by atoms with Crippen molar-refractivity contribution < 1.29 is 8.42 Å². The van der Waals surface area contributed by atoms with E-state index >= 15 is 0 Å². The fourth-order valence-electron chi connectivity index (χ4n) is 2.08. The first-order valence-corrected chi connectivity index (χ1v) is 9.65. The van der Waals surface area contributed by atoms with Gasteiger partial charge in [0.1, 0.15) is 5.65 Å². The van der Waals surface area contributed by atoms with E-state index in [0.29, 0.717) is 12.2 Å². The Labute approximate surface area is 129 Å². The molecule has 0 unspecified atom stereocenters. The van der Waals surface area contributed by atoms with Gasteiger partial charge in [-0.25, -0.2) is 18.1 Å². The van der Waals surface area contributed by atoms with Gasteiger partial charge in [-0.3, -0.25) is 4.40 Å². The van der Waals surface area contributed by atoms with Crippen LogP contribution in [0.1, 0.15) is 19.3 Å². The summed E-state index contributed by atoms with van der Waals surface area (Å²) in [5, 5.41) is 0.0159. The summed E-state index contributed by atoms with van der Waals surface area (Å²) in [5.74, 6) is 1.13. The van der Waals surface area contributed by atoms with Crippen molar-refractivity contribution in [3.05, 3.63) is 24.4 Å². The predicted octanol–water partition coefficient (Wildman–Crippen LogP) is 1.73. The minimum Gasteiger partial charge on any atom is -0.381 e. The van der Waals surface area contributed by atoms with E-state index in [1.807, 2.05) is 0 Å². The van der Waals surface area contributed by atoms with Crippen LogP contribution in [0.5, 0.6) is 0 Å². The van der Waals surface area contributed by atoms with Crippen LogP contribution in [0.3, 0.4) is 0 Å². The Morgan fingerprint density at radius 2 is 2.14 bits per heavy atom. The largest absolute Gasteiger partial charge is 0.381 e. The Bertz CT molecular complexity index is 697. The molecule has 116 valence electrons. The predicted molar refractivity (Wildman–Crippen MR) is 87.0 cm³/mol. The molecule has 0 aromatic carbocycles. The molecule has 0 saturated carbocycles. The molecule has 2 rings (SSSR count). The highest BCUT2D eigenvalue weighted by molar-refractivity contribution is 7.98. The van der Waals surface area contributed by atoms with Crippen LogP contribution < -0.4 is 10.5 Å². The van der Waals surface area contributed by atoms with E-state index in [0.717, 1.165) is 25.0 Å². The van der Waals surface area contributed by atoms with E-state index < -0.39 is 10.0 Å². The number of sulfonamides is 1. The SMILES string of the molecule is CSCCCCCNS(=O)(=O)c1c(N)nc2ccccn12. The molecule has 0 amide bonds. The Balaban J connectivity index is 2.06. The van der Waals surface area contributed by atoms with E-state index in [1.54, 1.807) is 36.2 Å². The molecule has 6 nitrogen and oxygen atoms in total. The second-order valence-electron chi connectivity index (χ2n) is 4.68. The van der Waals surface area contributed by atoms with Gasteiger partial charge >= 0.3 is 0 Å². The third-order valence-corrected chi connectivity index (χ3v) is 5.28. The fourth-order valence-corrected chi connectivity index (χ4v) is 3.86. The first-order chi connectivity index (χ1) is 10.1. The molecule has 0 aliphatic heterocycles. The number of thioether (sulfide) groups is 1. The summed E-state index contributed by atoms with van der Waals surface area (Å²) < 4.78 is 28.8. The maximum absolute atomic E-state index is 12.4. The van der Waals surface area contributed by atoms with Gasteiger partial charge in [-0.05, 0) is 37.0 Å². The average molecular weight is 328 g/mol. The summed E-state index contributed by atoms with van der Waals surface area (Å²) >= 11 is 1.80. The maximum Gasteiger partial charge on any atom is 0.260 e. The summed E-state index contributed by atoms with van der Waals surface area (Å²) in [6.45, 7) is 0.413. The summed E-state index contributed by atoms with van der Waals surface area (Å²) in [5.41, 5.74) is 6.28. The molecule has 0 bridgehead atoms. The molecule has 0 radical (unpaired) electrons. The standard InChI is InChI=1S/C13H20N4O2S2/c1-20-10-6-2-4-8-15-21(18,19)13-12(14)16-11-7-3-5-9-17(11)13/h3,5,7,9,15H,2,4,6,8,10,14H2,1H3. The van der Waals surface area contributed by atoms with Crippen LogP contribution in [-0.2, 0) is 10.0 Å². The van der Waals surface area contributed by atoms with E-state index in [1.165, 1.54) is 4.40 Å². The van der Waals surface area contributed by atoms with E-state index in [4.69, 9.17) is 5.73 Å². The third-order valence-electron chi connectivity index (χ3n) is 3.08. The zero-order chi connectivity index (χ0) is 15.3. The Hall–Kier alpha value is -1.25. The molecule has 3 N–H and O–H groups in total. The van der Waals surface area contributed by atoms with Crippen molar-refractivity contribution in [1.29, 1.82) is 0 Å². The monoisotopic (exact) mass is 328 g/mol. The van der Waals surface area contributed by atoms with Gasteiger partial charge in [0.15, 0.2) is 10.8 Å². The molecule has 2 aromatic heterocycles. The zero-order valence-corrected chi connectivity index (χ0v) is 13.6. The van der Waals surface area contributed by atoms with Crippen LogP contribution >= 0.6 is 11.8 Å². The lowest BCUT2D eigenvalue weighted by molar-refractivity contribution is 0.572. The topological polar surface area (TPSA) is 89.5 Å². The van der Waals surface area contributed by atoms with Crippen LogP contribution in [0.2, 0.25) is 0 Å². The number of rotatable bonds is 8. The number of nitrogens with zero attached hydrogens (tertiary/aromatic N) is 2. The number of imidazole rings is 1. The highest BCUT2D eigenvalue weighted by atomic mass is 32.2. The van der Waals surface area contributed by atoms with Crippen LogP contribution in [0.25, 0.3) is 5.65 Å². The molecule has 0 saturated heterocycles. The summed E-state index contributed by atoms with van der Waals surface area (Å²) in [6.07, 6.45) is 6.63. The van der Waals surface area contributed by atoms with Gasteiger partial charge in [0.25, 0.3) is 10.0 Å². The minimum absolute atomic E-state index is 0.0159. The zero-order valence-electron chi connectivity index (χ0n) is 11.9. The summed E-state index contributed by atoms with van der Waals surface area (Å²) in [4.78, 5) is 4.07. The lowest BCUT2D eigenvalue weighted by Crippen LogP contribution is -2.26. The molecule has 2 heterocycles. The number of nitrogens with one attached hydrogen (secondary N) is 1. The molecule has 2 aromatic rings. The molecule has 0 aliphatic rings. The number of hydrogen-bond acceptors (Lipinski definition) is 5. The highest BCUT2D eigenvalue weighted by Crippen LogP contribution is 2.19. The molecule has 8 heteroatoms. The van der Waals surface area contributed by atoms with Gasteiger partial charge < -0.3 is 5.73 Å². The van der Waals surface area contributed by atoms with Crippen molar-refractivity contribution in [2.75, 3.05) is 24.3 Å².